The molecule has 0 saturated heterocycles. The molecule has 0 fully saturated rings. The Kier molecular flexibility index (Phi) is 6.49. The summed E-state index contributed by atoms with van der Waals surface area (Å²) >= 11 is 0. The third-order valence-electron chi connectivity index (χ3n) is 5.21. The van der Waals surface area contributed by atoms with Gasteiger partial charge in [0.25, 0.3) is 5.91 Å². The molecule has 4 aromatic rings. The van der Waals surface area contributed by atoms with Crippen LogP contribution in [0.2, 0.25) is 0 Å². The number of aromatic nitrogens is 2. The van der Waals surface area contributed by atoms with Crippen molar-refractivity contribution in [1.29, 1.82) is 0 Å². The fourth-order valence-electron chi connectivity index (χ4n) is 3.41. The second-order valence-corrected chi connectivity index (χ2v) is 8.96. The van der Waals surface area contributed by atoms with Gasteiger partial charge in [0.2, 0.25) is 0 Å². The van der Waals surface area contributed by atoms with Crippen LogP contribution in [-0.4, -0.2) is 22.7 Å². The number of hydrogen-bond acceptors (Lipinski definition) is 4. The van der Waals surface area contributed by atoms with E-state index in [4.69, 9.17) is 9.47 Å². The summed E-state index contributed by atoms with van der Waals surface area (Å²) in [7, 11) is 0. The normalized spacial score (nSPS) is 11.4. The number of halogens is 2. The molecule has 0 bridgehead atoms. The van der Waals surface area contributed by atoms with Crippen LogP contribution in [-0.2, 0) is 16.8 Å². The van der Waals surface area contributed by atoms with Gasteiger partial charge in [0.15, 0.2) is 12.4 Å². The van der Waals surface area contributed by atoms with Crippen LogP contribution in [0.25, 0.3) is 10.9 Å². The molecular weight excluding hydrogens is 440 g/mol. The predicted molar refractivity (Wildman–Crippen MR) is 126 cm³/mol. The third kappa shape index (κ3) is 5.70. The lowest BCUT2D eigenvalue weighted by molar-refractivity contribution is -0.118. The smallest absolute Gasteiger partial charge is 0.263 e. The molecule has 0 spiro atoms. The molecule has 0 atom stereocenters. The average molecular weight is 466 g/mol. The lowest BCUT2D eigenvalue weighted by Gasteiger charge is -2.19. The van der Waals surface area contributed by atoms with Crippen LogP contribution < -0.4 is 14.8 Å². The molecule has 34 heavy (non-hydrogen) atoms. The van der Waals surface area contributed by atoms with E-state index in [1.165, 1.54) is 17.7 Å². The maximum Gasteiger partial charge on any atom is 0.263 e. The molecule has 8 heteroatoms. The van der Waals surface area contributed by atoms with Gasteiger partial charge in [0.05, 0.1) is 5.52 Å². The highest BCUT2D eigenvalue weighted by atomic mass is 19.1. The lowest BCUT2D eigenvalue weighted by atomic mass is 9.87. The number of aromatic amines is 1. The van der Waals surface area contributed by atoms with Crippen LogP contribution in [0, 0.1) is 11.6 Å². The predicted octanol–water partition coefficient (Wildman–Crippen LogP) is 5.74. The van der Waals surface area contributed by atoms with Crippen LogP contribution in [0.1, 0.15) is 31.9 Å². The quantitative estimate of drug-likeness (QED) is 0.365. The Morgan fingerprint density at radius 3 is 2.29 bits per heavy atom. The highest BCUT2D eigenvalue weighted by Crippen LogP contribution is 2.27. The molecule has 1 amide bonds. The van der Waals surface area contributed by atoms with Gasteiger partial charge in [-0.25, -0.2) is 8.78 Å². The van der Waals surface area contributed by atoms with Crippen molar-refractivity contribution in [2.75, 3.05) is 11.9 Å². The number of nitrogens with zero attached hydrogens (tertiary/aromatic N) is 1. The van der Waals surface area contributed by atoms with E-state index < -0.39 is 11.6 Å². The van der Waals surface area contributed by atoms with E-state index in [1.807, 2.05) is 24.3 Å². The zero-order valence-corrected chi connectivity index (χ0v) is 19.1. The van der Waals surface area contributed by atoms with E-state index in [0.29, 0.717) is 33.8 Å². The first-order chi connectivity index (χ1) is 16.2. The minimum Gasteiger partial charge on any atom is -0.489 e. The van der Waals surface area contributed by atoms with Gasteiger partial charge >= 0.3 is 0 Å². The highest BCUT2D eigenvalue weighted by Gasteiger charge is 2.14. The minimum atomic E-state index is -0.666. The molecule has 1 heterocycles. The van der Waals surface area contributed by atoms with Gasteiger partial charge in [-0.15, -0.1) is 0 Å². The molecule has 0 saturated carbocycles. The number of ether oxygens (including phenoxy) is 2. The van der Waals surface area contributed by atoms with Gasteiger partial charge in [-0.1, -0.05) is 32.9 Å². The largest absolute Gasteiger partial charge is 0.489 e. The number of nitrogens with one attached hydrogen (secondary N) is 2. The molecule has 6 nitrogen and oxygen atoms in total. The van der Waals surface area contributed by atoms with E-state index in [1.54, 1.807) is 18.2 Å². The van der Waals surface area contributed by atoms with Crippen LogP contribution in [0.15, 0.2) is 60.7 Å². The number of anilines is 1. The standard InChI is InChI=1S/C26H25F2N3O3/c1-26(2,3)17-4-6-20(7-5-17)34-15-24(32)29-25-22-13-21(8-9-23(22)30-31-25)33-14-16-10-18(27)12-19(28)11-16/h4-13H,14-15H2,1-3H3,(H2,29,30,31,32). The molecule has 0 aliphatic carbocycles. The molecule has 0 aliphatic rings. The van der Waals surface area contributed by atoms with Gasteiger partial charge in [-0.05, 0) is 59.0 Å². The Morgan fingerprint density at radius 2 is 1.62 bits per heavy atom. The zero-order chi connectivity index (χ0) is 24.3. The first-order valence-electron chi connectivity index (χ1n) is 10.8. The molecule has 0 aliphatic heterocycles. The van der Waals surface area contributed by atoms with E-state index in [9.17, 15) is 13.6 Å². The highest BCUT2D eigenvalue weighted by molar-refractivity contribution is 6.00. The topological polar surface area (TPSA) is 76.2 Å². The number of amides is 1. The Labute approximate surface area is 195 Å². The van der Waals surface area contributed by atoms with Crippen LogP contribution in [0.4, 0.5) is 14.6 Å². The van der Waals surface area contributed by atoms with Gasteiger partial charge in [0.1, 0.15) is 29.7 Å². The minimum absolute atomic E-state index is 0.0123. The summed E-state index contributed by atoms with van der Waals surface area (Å²) < 4.78 is 38.0. The number of hydrogen-bond donors (Lipinski definition) is 2. The van der Waals surface area contributed by atoms with Crippen molar-refractivity contribution in [3.8, 4) is 11.5 Å². The Balaban J connectivity index is 1.38. The molecular formula is C26H25F2N3O3. The van der Waals surface area contributed by atoms with Crippen molar-refractivity contribution in [1.82, 2.24) is 10.2 Å². The van der Waals surface area contributed by atoms with E-state index in [-0.39, 0.29) is 24.5 Å². The van der Waals surface area contributed by atoms with E-state index in [2.05, 4.69) is 36.3 Å². The Morgan fingerprint density at radius 1 is 0.941 bits per heavy atom. The first kappa shape index (κ1) is 23.2. The summed E-state index contributed by atoms with van der Waals surface area (Å²) in [6.45, 7) is 6.19. The number of carbonyl (C=O) groups excluding carboxylic acids is 1. The molecule has 176 valence electrons. The van der Waals surface area contributed by atoms with Crippen molar-refractivity contribution in [3.63, 3.8) is 0 Å². The van der Waals surface area contributed by atoms with Crippen LogP contribution in [0.3, 0.4) is 0 Å². The van der Waals surface area contributed by atoms with Crippen LogP contribution in [0.5, 0.6) is 11.5 Å². The summed E-state index contributed by atoms with van der Waals surface area (Å²) in [5, 5.41) is 10.3. The Hall–Kier alpha value is -3.94. The maximum atomic E-state index is 13.4. The summed E-state index contributed by atoms with van der Waals surface area (Å²) in [4.78, 5) is 12.4. The first-order valence-corrected chi connectivity index (χ1v) is 10.8. The van der Waals surface area contributed by atoms with Gasteiger partial charge in [-0.2, -0.15) is 5.10 Å². The number of benzene rings is 3. The monoisotopic (exact) mass is 465 g/mol. The van der Waals surface area contributed by atoms with Gasteiger partial charge in [-0.3, -0.25) is 9.89 Å². The SMILES string of the molecule is CC(C)(C)c1ccc(OCC(=O)Nc2n[nH]c3ccc(OCc4cc(F)cc(F)c4)cc23)cc1. The molecule has 1 aromatic heterocycles. The fraction of sp³-hybridized carbons (Fsp3) is 0.231. The van der Waals surface area contributed by atoms with E-state index in [0.717, 1.165) is 6.07 Å². The number of rotatable bonds is 7. The summed E-state index contributed by atoms with van der Waals surface area (Å²) in [5.74, 6) is -0.310. The van der Waals surface area contributed by atoms with Crippen molar-refractivity contribution in [2.45, 2.75) is 32.8 Å². The molecule has 0 unspecified atom stereocenters. The van der Waals surface area contributed by atoms with Gasteiger partial charge < -0.3 is 14.8 Å². The fourth-order valence-corrected chi connectivity index (χ4v) is 3.41. The van der Waals surface area contributed by atoms with Crippen molar-refractivity contribution >= 4 is 22.6 Å². The number of H-pyrrole nitrogens is 1. The number of fused-ring (bicyclic) bond motifs is 1. The summed E-state index contributed by atoms with van der Waals surface area (Å²) in [6.07, 6.45) is 0. The Bertz CT molecular complexity index is 1290. The summed E-state index contributed by atoms with van der Waals surface area (Å²) in [5.41, 5.74) is 2.27. The molecule has 0 radical (unpaired) electrons. The second kappa shape index (κ2) is 9.51. The molecule has 4 rings (SSSR count). The zero-order valence-electron chi connectivity index (χ0n) is 19.1. The van der Waals surface area contributed by atoms with Crippen molar-refractivity contribution in [3.05, 3.63) is 83.4 Å². The molecule has 2 N–H and O–H groups in total. The molecule has 3 aromatic carbocycles. The second-order valence-electron chi connectivity index (χ2n) is 8.96. The third-order valence-corrected chi connectivity index (χ3v) is 5.21. The average Bonchev–Trinajstić information content (AvgIpc) is 3.17. The number of carbonyl (C=O) groups is 1. The van der Waals surface area contributed by atoms with Crippen molar-refractivity contribution < 1.29 is 23.0 Å². The summed E-state index contributed by atoms with van der Waals surface area (Å²) in [6, 6.07) is 16.0. The van der Waals surface area contributed by atoms with Crippen molar-refractivity contribution in [2.24, 2.45) is 0 Å². The van der Waals surface area contributed by atoms with Gasteiger partial charge in [0, 0.05) is 11.5 Å². The van der Waals surface area contributed by atoms with Crippen LogP contribution >= 0.6 is 0 Å². The van der Waals surface area contributed by atoms with E-state index >= 15 is 0 Å². The lowest BCUT2D eigenvalue weighted by Crippen LogP contribution is -2.20. The maximum absolute atomic E-state index is 13.4.